The molecule has 3 fully saturated rings. The molecule has 0 aromatic carbocycles. The van der Waals surface area contributed by atoms with Gasteiger partial charge in [-0.2, -0.15) is 0 Å². The van der Waals surface area contributed by atoms with Crippen LogP contribution in [0.4, 0.5) is 0 Å². The van der Waals surface area contributed by atoms with Crippen molar-refractivity contribution in [2.45, 2.75) is 57.5 Å². The predicted molar refractivity (Wildman–Crippen MR) is 67.8 cm³/mol. The maximum atomic E-state index is 12.6. The van der Waals surface area contributed by atoms with Crippen molar-refractivity contribution >= 4 is 11.8 Å². The summed E-state index contributed by atoms with van der Waals surface area (Å²) in [6.45, 7) is 4.49. The van der Waals surface area contributed by atoms with E-state index in [2.05, 4.69) is 5.32 Å². The van der Waals surface area contributed by atoms with Crippen LogP contribution in [0, 0.1) is 11.8 Å². The zero-order valence-corrected chi connectivity index (χ0v) is 11.2. The third-order valence-corrected chi connectivity index (χ3v) is 4.80. The Hall–Kier alpha value is -1.06. The van der Waals surface area contributed by atoms with Crippen LogP contribution in [0.1, 0.15) is 46.0 Å². The van der Waals surface area contributed by atoms with Gasteiger partial charge in [-0.05, 0) is 44.9 Å². The maximum absolute atomic E-state index is 12.6. The van der Waals surface area contributed by atoms with E-state index >= 15 is 0 Å². The second-order valence-corrected chi connectivity index (χ2v) is 6.37. The fraction of sp³-hybridized carbons (Fsp3) is 0.857. The maximum Gasteiger partial charge on any atom is 0.248 e. The number of hydrogen-bond acceptors (Lipinski definition) is 2. The molecule has 1 N–H and O–H groups in total. The molecule has 2 aliphatic carbocycles. The molecule has 2 saturated carbocycles. The van der Waals surface area contributed by atoms with E-state index in [1.165, 1.54) is 12.8 Å². The summed E-state index contributed by atoms with van der Waals surface area (Å²) in [6.07, 6.45) is 5.77. The fourth-order valence-electron chi connectivity index (χ4n) is 2.99. The van der Waals surface area contributed by atoms with Crippen molar-refractivity contribution in [1.82, 2.24) is 10.2 Å². The van der Waals surface area contributed by atoms with Gasteiger partial charge in [0.05, 0.1) is 0 Å². The molecular weight excluding hydrogens is 228 g/mol. The standard InChI is InChI=1S/C14H22N2O2/c1-9-12(17)15-14(2,11-5-6-11)13(18)16(9)8-7-10-3-4-10/h9-11H,3-8H2,1-2H3,(H,15,17). The minimum Gasteiger partial charge on any atom is -0.340 e. The van der Waals surface area contributed by atoms with E-state index in [-0.39, 0.29) is 17.9 Å². The first kappa shape index (κ1) is 12.0. The largest absolute Gasteiger partial charge is 0.340 e. The van der Waals surface area contributed by atoms with E-state index < -0.39 is 5.54 Å². The minimum absolute atomic E-state index is 0.0137. The van der Waals surface area contributed by atoms with Gasteiger partial charge in [0.25, 0.3) is 0 Å². The average molecular weight is 250 g/mol. The molecule has 100 valence electrons. The molecule has 3 aliphatic rings. The highest BCUT2D eigenvalue weighted by atomic mass is 16.2. The van der Waals surface area contributed by atoms with Crippen LogP contribution in [0.15, 0.2) is 0 Å². The molecule has 2 unspecified atom stereocenters. The lowest BCUT2D eigenvalue weighted by Crippen LogP contribution is -2.69. The van der Waals surface area contributed by atoms with Gasteiger partial charge in [0, 0.05) is 6.54 Å². The van der Waals surface area contributed by atoms with Gasteiger partial charge in [0.1, 0.15) is 11.6 Å². The Morgan fingerprint density at radius 3 is 2.50 bits per heavy atom. The molecule has 0 radical (unpaired) electrons. The van der Waals surface area contributed by atoms with Gasteiger partial charge in [-0.3, -0.25) is 9.59 Å². The van der Waals surface area contributed by atoms with Gasteiger partial charge in [-0.15, -0.1) is 0 Å². The predicted octanol–water partition coefficient (Wildman–Crippen LogP) is 1.30. The second kappa shape index (κ2) is 3.97. The van der Waals surface area contributed by atoms with Crippen molar-refractivity contribution in [3.8, 4) is 0 Å². The van der Waals surface area contributed by atoms with Gasteiger partial charge < -0.3 is 10.2 Å². The normalized spacial score (nSPS) is 36.8. The van der Waals surface area contributed by atoms with Crippen LogP contribution in [0.25, 0.3) is 0 Å². The Labute approximate surface area is 108 Å². The first-order valence-electron chi connectivity index (χ1n) is 7.15. The quantitative estimate of drug-likeness (QED) is 0.817. The molecule has 1 heterocycles. The number of nitrogens with one attached hydrogen (secondary N) is 1. The Bertz CT molecular complexity index is 387. The van der Waals surface area contributed by atoms with Crippen molar-refractivity contribution in [2.75, 3.05) is 6.54 Å². The summed E-state index contributed by atoms with van der Waals surface area (Å²) in [7, 11) is 0. The van der Waals surface area contributed by atoms with E-state index in [0.717, 1.165) is 31.7 Å². The summed E-state index contributed by atoms with van der Waals surface area (Å²) < 4.78 is 0. The lowest BCUT2D eigenvalue weighted by atomic mass is 9.89. The van der Waals surface area contributed by atoms with Gasteiger partial charge in [-0.1, -0.05) is 12.8 Å². The number of amides is 2. The minimum atomic E-state index is -0.632. The summed E-state index contributed by atoms with van der Waals surface area (Å²) >= 11 is 0. The highest BCUT2D eigenvalue weighted by Crippen LogP contribution is 2.42. The molecule has 4 nitrogen and oxygen atoms in total. The van der Waals surface area contributed by atoms with Gasteiger partial charge in [0.15, 0.2) is 0 Å². The highest BCUT2D eigenvalue weighted by Gasteiger charge is 2.54. The van der Waals surface area contributed by atoms with E-state index in [9.17, 15) is 9.59 Å². The lowest BCUT2D eigenvalue weighted by Gasteiger charge is -2.43. The molecule has 1 aliphatic heterocycles. The van der Waals surface area contributed by atoms with Crippen molar-refractivity contribution in [3.05, 3.63) is 0 Å². The molecule has 2 amide bonds. The molecule has 0 spiro atoms. The van der Waals surface area contributed by atoms with Crippen LogP contribution in [0.2, 0.25) is 0 Å². The van der Waals surface area contributed by atoms with Crippen LogP contribution in [0.3, 0.4) is 0 Å². The van der Waals surface area contributed by atoms with E-state index in [4.69, 9.17) is 0 Å². The molecule has 18 heavy (non-hydrogen) atoms. The summed E-state index contributed by atoms with van der Waals surface area (Å²) in [5, 5.41) is 2.96. The van der Waals surface area contributed by atoms with Gasteiger partial charge in [0.2, 0.25) is 11.8 Å². The zero-order chi connectivity index (χ0) is 12.9. The SMILES string of the molecule is CC1C(=O)NC(C)(C2CC2)C(=O)N1CCC1CC1. The Kier molecular flexibility index (Phi) is 2.65. The van der Waals surface area contributed by atoms with Crippen molar-refractivity contribution in [1.29, 1.82) is 0 Å². The van der Waals surface area contributed by atoms with E-state index in [1.807, 2.05) is 18.7 Å². The monoisotopic (exact) mass is 250 g/mol. The van der Waals surface area contributed by atoms with Crippen LogP contribution in [0.5, 0.6) is 0 Å². The third-order valence-electron chi connectivity index (χ3n) is 4.80. The molecule has 1 saturated heterocycles. The average Bonchev–Trinajstić information content (AvgIpc) is 3.15. The van der Waals surface area contributed by atoms with Gasteiger partial charge in [-0.25, -0.2) is 0 Å². The zero-order valence-electron chi connectivity index (χ0n) is 11.2. The summed E-state index contributed by atoms with van der Waals surface area (Å²) in [6, 6.07) is -0.303. The molecule has 2 atom stereocenters. The molecular formula is C14H22N2O2. The molecule has 4 heteroatoms. The molecule has 0 bridgehead atoms. The number of hydrogen-bond donors (Lipinski definition) is 1. The summed E-state index contributed by atoms with van der Waals surface area (Å²) in [4.78, 5) is 26.5. The fourth-order valence-corrected chi connectivity index (χ4v) is 2.99. The lowest BCUT2D eigenvalue weighted by molar-refractivity contribution is -0.154. The second-order valence-electron chi connectivity index (χ2n) is 6.37. The number of rotatable bonds is 4. The van der Waals surface area contributed by atoms with Gasteiger partial charge >= 0.3 is 0 Å². The van der Waals surface area contributed by atoms with Crippen molar-refractivity contribution in [2.24, 2.45) is 11.8 Å². The number of nitrogens with zero attached hydrogens (tertiary/aromatic N) is 1. The smallest absolute Gasteiger partial charge is 0.248 e. The first-order valence-corrected chi connectivity index (χ1v) is 7.15. The Morgan fingerprint density at radius 2 is 1.94 bits per heavy atom. The van der Waals surface area contributed by atoms with Crippen LogP contribution >= 0.6 is 0 Å². The first-order chi connectivity index (χ1) is 8.52. The van der Waals surface area contributed by atoms with Crippen LogP contribution in [-0.2, 0) is 9.59 Å². The molecule has 0 aromatic rings. The van der Waals surface area contributed by atoms with Crippen LogP contribution < -0.4 is 5.32 Å². The molecule has 3 rings (SSSR count). The van der Waals surface area contributed by atoms with Crippen LogP contribution in [-0.4, -0.2) is 34.8 Å². The summed E-state index contributed by atoms with van der Waals surface area (Å²) in [5.41, 5.74) is -0.632. The number of carbonyl (C=O) groups is 2. The molecule has 0 aromatic heterocycles. The topological polar surface area (TPSA) is 49.4 Å². The Balaban J connectivity index is 1.75. The van der Waals surface area contributed by atoms with E-state index in [0.29, 0.717) is 5.92 Å². The highest BCUT2D eigenvalue weighted by molar-refractivity contribution is 5.99. The Morgan fingerprint density at radius 1 is 1.28 bits per heavy atom. The van der Waals surface area contributed by atoms with Crippen molar-refractivity contribution in [3.63, 3.8) is 0 Å². The van der Waals surface area contributed by atoms with E-state index in [1.54, 1.807) is 0 Å². The number of piperazine rings is 1. The number of carbonyl (C=O) groups excluding carboxylic acids is 2. The van der Waals surface area contributed by atoms with Crippen molar-refractivity contribution < 1.29 is 9.59 Å². The summed E-state index contributed by atoms with van der Waals surface area (Å²) in [5.74, 6) is 1.30. The third kappa shape index (κ3) is 1.91.